The fourth-order valence-corrected chi connectivity index (χ4v) is 6.47. The first-order valence-electron chi connectivity index (χ1n) is 32.8. The van der Waals surface area contributed by atoms with E-state index in [9.17, 15) is 0 Å². The topological polar surface area (TPSA) is 297 Å². The maximum atomic E-state index is 8.62. The molecule has 0 aromatic rings. The number of hydrogen-bond donors (Lipinski definition) is 1. The zero-order valence-corrected chi connectivity index (χ0v) is 56.1. The van der Waals surface area contributed by atoms with E-state index < -0.39 is 0 Å². The van der Waals surface area contributed by atoms with Crippen LogP contribution < -0.4 is 0 Å². The lowest BCUT2D eigenvalue weighted by Crippen LogP contribution is -2.16. The minimum Gasteiger partial charge on any atom is -0.394 e. The molecule has 0 saturated heterocycles. The van der Waals surface area contributed by atoms with Crippen LogP contribution in [0.1, 0.15) is 0 Å². The molecule has 31 heteroatoms. The Balaban J connectivity index is 3.09. The molecule has 0 aromatic carbocycles. The smallest absolute Gasteiger partial charge is 0.0701 e. The van der Waals surface area contributed by atoms with Crippen LogP contribution in [0.5, 0.6) is 0 Å². The first-order valence-corrected chi connectivity index (χ1v) is 32.8. The van der Waals surface area contributed by atoms with Gasteiger partial charge in [0.05, 0.1) is 396 Å². The lowest BCUT2D eigenvalue weighted by atomic mass is 10.6. The molecule has 0 unspecified atom stereocenters. The van der Waals surface area contributed by atoms with Gasteiger partial charge in [0.2, 0.25) is 0 Å². The lowest BCUT2D eigenvalue weighted by molar-refractivity contribution is -0.0324. The van der Waals surface area contributed by atoms with Crippen molar-refractivity contribution in [3.63, 3.8) is 0 Å². The molecule has 0 aliphatic heterocycles. The second kappa shape index (κ2) is 89.8. The Bertz CT molecular complexity index is 1160. The fourth-order valence-electron chi connectivity index (χ4n) is 6.47. The van der Waals surface area contributed by atoms with Gasteiger partial charge in [0.1, 0.15) is 0 Å². The predicted molar refractivity (Wildman–Crippen MR) is 333 cm³/mol. The third kappa shape index (κ3) is 88.8. The minimum absolute atomic E-state index is 0.0167. The highest BCUT2D eigenvalue weighted by atomic mass is 16.6. The van der Waals surface area contributed by atoms with Crippen LogP contribution in [0.4, 0.5) is 0 Å². The molecule has 0 radical (unpaired) electrons. The molecule has 0 aliphatic carbocycles. The van der Waals surface area contributed by atoms with Crippen LogP contribution in [0.15, 0.2) is 0 Å². The Morgan fingerprint density at radius 2 is 0.174 bits per heavy atom. The largest absolute Gasteiger partial charge is 0.394 e. The van der Waals surface area contributed by atoms with Crippen molar-refractivity contribution in [3.8, 4) is 0 Å². The van der Waals surface area contributed by atoms with Gasteiger partial charge in [-0.25, -0.2) is 0 Å². The summed E-state index contributed by atoms with van der Waals surface area (Å²) in [6.07, 6.45) is 0. The van der Waals surface area contributed by atoms with Gasteiger partial charge in [-0.15, -0.1) is 0 Å². The molecule has 0 amide bonds. The Morgan fingerprint density at radius 1 is 0.109 bits per heavy atom. The summed E-state index contributed by atoms with van der Waals surface area (Å²) in [6, 6.07) is 0. The molecule has 0 aromatic heterocycles. The summed E-state index contributed by atoms with van der Waals surface area (Å²) in [6.45, 7) is 28.9. The van der Waals surface area contributed by atoms with Gasteiger partial charge in [-0.2, -0.15) is 0 Å². The highest BCUT2D eigenvalue weighted by molar-refractivity contribution is 4.44. The van der Waals surface area contributed by atoms with E-state index in [1.807, 2.05) is 0 Å². The van der Waals surface area contributed by atoms with Crippen LogP contribution >= 0.6 is 0 Å². The third-order valence-electron chi connectivity index (χ3n) is 11.1. The molecular weight excluding hydrogens is 1230 g/mol. The Morgan fingerprint density at radius 3 is 0.239 bits per heavy atom. The number of hydrogen-bond acceptors (Lipinski definition) is 31. The van der Waals surface area contributed by atoms with E-state index in [1.54, 1.807) is 7.11 Å². The van der Waals surface area contributed by atoms with Crippen molar-refractivity contribution < 1.29 is 147 Å². The summed E-state index contributed by atoms with van der Waals surface area (Å²) in [4.78, 5) is 0. The van der Waals surface area contributed by atoms with Gasteiger partial charge in [-0.05, 0) is 0 Å². The van der Waals surface area contributed by atoms with Crippen molar-refractivity contribution >= 4 is 0 Å². The van der Waals surface area contributed by atoms with Gasteiger partial charge in [0.15, 0.2) is 0 Å². The molecule has 0 bridgehead atoms. The van der Waals surface area contributed by atoms with E-state index in [0.717, 1.165) is 0 Å². The van der Waals surface area contributed by atoms with E-state index in [4.69, 9.17) is 147 Å². The average molecular weight is 1350 g/mol. The number of methoxy groups -OCH3 is 1. The molecule has 92 heavy (non-hydrogen) atoms. The second-order valence-corrected chi connectivity index (χ2v) is 18.5. The molecule has 1 N–H and O–H groups in total. The zero-order valence-electron chi connectivity index (χ0n) is 56.1. The Kier molecular flexibility index (Phi) is 88.6. The summed E-state index contributed by atoms with van der Waals surface area (Å²) < 4.78 is 164. The van der Waals surface area contributed by atoms with Crippen molar-refractivity contribution in [2.24, 2.45) is 0 Å². The fraction of sp³-hybridized carbons (Fsp3) is 1.00. The predicted octanol–water partition coefficient (Wildman–Crippen LogP) is 0.106. The van der Waals surface area contributed by atoms with E-state index in [1.165, 1.54) is 0 Å². The molecule has 0 aliphatic rings. The first kappa shape index (κ1) is 90.8. The van der Waals surface area contributed by atoms with E-state index in [0.29, 0.717) is 390 Å². The van der Waals surface area contributed by atoms with Crippen LogP contribution in [0, 0.1) is 0 Å². The van der Waals surface area contributed by atoms with Crippen LogP contribution in [-0.2, 0) is 142 Å². The molecule has 554 valence electrons. The number of ether oxygens (including phenoxy) is 30. The molecule has 0 spiro atoms. The second-order valence-electron chi connectivity index (χ2n) is 18.5. The summed E-state index contributed by atoms with van der Waals surface area (Å²) >= 11 is 0. The molecule has 0 heterocycles. The van der Waals surface area contributed by atoms with Crippen molar-refractivity contribution in [1.29, 1.82) is 0 Å². The third-order valence-corrected chi connectivity index (χ3v) is 11.1. The quantitative estimate of drug-likeness (QED) is 0.0790. The standard InChI is InChI=1S/C61H124O31/c1-63-4-5-65-8-9-67-12-13-69-16-17-71-20-21-73-24-25-75-28-29-77-32-33-79-36-37-81-40-41-83-44-45-85-48-49-87-52-53-89-56-57-91-60-61-92-59-58-90-55-54-88-51-50-86-47-46-84-43-42-82-39-38-80-35-34-78-31-30-76-27-26-74-23-22-72-19-18-70-15-14-68-11-10-66-7-6-64-3-2-62/h62H,2-61H2,1H3. The van der Waals surface area contributed by atoms with Gasteiger partial charge in [0, 0.05) is 7.11 Å². The monoisotopic (exact) mass is 1350 g/mol. The summed E-state index contributed by atoms with van der Waals surface area (Å²) in [5.74, 6) is 0. The van der Waals surface area contributed by atoms with Gasteiger partial charge in [0.25, 0.3) is 0 Å². The number of rotatable bonds is 89. The van der Waals surface area contributed by atoms with Gasteiger partial charge in [-0.1, -0.05) is 0 Å². The maximum absolute atomic E-state index is 8.62. The van der Waals surface area contributed by atoms with Crippen molar-refractivity contribution in [1.82, 2.24) is 0 Å². The van der Waals surface area contributed by atoms with Gasteiger partial charge in [-0.3, -0.25) is 0 Å². The maximum Gasteiger partial charge on any atom is 0.0701 e. The Labute approximate surface area is 549 Å². The number of aliphatic hydroxyl groups excluding tert-OH is 1. The van der Waals surface area contributed by atoms with Crippen LogP contribution in [-0.4, -0.2) is 409 Å². The van der Waals surface area contributed by atoms with Crippen LogP contribution in [0.3, 0.4) is 0 Å². The number of aliphatic hydroxyl groups is 1. The normalized spacial score (nSPS) is 11.8. The highest BCUT2D eigenvalue weighted by Gasteiger charge is 2.02. The lowest BCUT2D eigenvalue weighted by Gasteiger charge is -2.09. The highest BCUT2D eigenvalue weighted by Crippen LogP contribution is 1.93. The summed E-state index contributed by atoms with van der Waals surface area (Å²) in [5.41, 5.74) is 0. The summed E-state index contributed by atoms with van der Waals surface area (Å²) in [7, 11) is 1.64. The van der Waals surface area contributed by atoms with Gasteiger partial charge < -0.3 is 147 Å². The molecule has 31 nitrogen and oxygen atoms in total. The zero-order chi connectivity index (χ0) is 65.6. The van der Waals surface area contributed by atoms with E-state index in [-0.39, 0.29) is 6.61 Å². The minimum atomic E-state index is 0.0167. The molecular formula is C61H124O31. The molecule has 0 fully saturated rings. The van der Waals surface area contributed by atoms with Crippen molar-refractivity contribution in [2.45, 2.75) is 0 Å². The van der Waals surface area contributed by atoms with Crippen LogP contribution in [0.25, 0.3) is 0 Å². The molecule has 0 rings (SSSR count). The molecule has 0 atom stereocenters. The van der Waals surface area contributed by atoms with Gasteiger partial charge >= 0.3 is 0 Å². The average Bonchev–Trinajstić information content (AvgIpc) is 3.57. The van der Waals surface area contributed by atoms with E-state index in [2.05, 4.69) is 0 Å². The van der Waals surface area contributed by atoms with Crippen molar-refractivity contribution in [2.75, 3.05) is 404 Å². The first-order chi connectivity index (χ1) is 45.9. The SMILES string of the molecule is COCCOCCOCCOCCOCCOCCOCCOCCOCCOCCOCCOCCOCCOCCOCCOCCOCCOCCOCCOCCOCCOCCOCCOCCOCCOCCOCCOCCOCCOCCO. The van der Waals surface area contributed by atoms with Crippen molar-refractivity contribution in [3.05, 3.63) is 0 Å². The Hall–Kier alpha value is -1.24. The van der Waals surface area contributed by atoms with Crippen LogP contribution in [0.2, 0.25) is 0 Å². The van der Waals surface area contributed by atoms with E-state index >= 15 is 0 Å². The summed E-state index contributed by atoms with van der Waals surface area (Å²) in [5, 5.41) is 8.62. The molecule has 0 saturated carbocycles.